The summed E-state index contributed by atoms with van der Waals surface area (Å²) in [5.41, 5.74) is 4.02. The summed E-state index contributed by atoms with van der Waals surface area (Å²) in [4.78, 5) is 29.7. The van der Waals surface area contributed by atoms with Crippen LogP contribution in [0.25, 0.3) is 0 Å². The van der Waals surface area contributed by atoms with E-state index in [4.69, 9.17) is 0 Å². The fourth-order valence-electron chi connectivity index (χ4n) is 3.99. The molecular formula is C30H24N2O2S2. The summed E-state index contributed by atoms with van der Waals surface area (Å²) < 4.78 is 0. The van der Waals surface area contributed by atoms with Crippen LogP contribution in [0.2, 0.25) is 0 Å². The molecule has 0 aliphatic carbocycles. The summed E-state index contributed by atoms with van der Waals surface area (Å²) in [6, 6.07) is 36.4. The summed E-state index contributed by atoms with van der Waals surface area (Å²) >= 11 is 2.97. The Hall–Kier alpha value is -4.00. The van der Waals surface area contributed by atoms with Crippen molar-refractivity contribution >= 4 is 67.0 Å². The van der Waals surface area contributed by atoms with Crippen LogP contribution in [0.5, 0.6) is 0 Å². The van der Waals surface area contributed by atoms with Crippen LogP contribution < -0.4 is 9.80 Å². The van der Waals surface area contributed by atoms with Gasteiger partial charge in [0.15, 0.2) is 11.6 Å². The van der Waals surface area contributed by atoms with Gasteiger partial charge >= 0.3 is 0 Å². The molecule has 2 heterocycles. The normalized spacial score (nSPS) is 10.7. The number of rotatable bonds is 8. The molecular weight excluding hydrogens is 484 g/mol. The smallest absolute Gasteiger partial charge is 0.169 e. The lowest BCUT2D eigenvalue weighted by atomic mass is 10.2. The zero-order chi connectivity index (χ0) is 25.1. The van der Waals surface area contributed by atoms with Gasteiger partial charge in [-0.2, -0.15) is 0 Å². The maximum absolute atomic E-state index is 12.0. The first kappa shape index (κ1) is 23.7. The number of hydrogen-bond donors (Lipinski definition) is 0. The van der Waals surface area contributed by atoms with E-state index in [0.29, 0.717) is 0 Å². The van der Waals surface area contributed by atoms with Gasteiger partial charge in [0, 0.05) is 22.7 Å². The van der Waals surface area contributed by atoms with Gasteiger partial charge in [-0.15, -0.1) is 22.7 Å². The number of para-hydroxylation sites is 2. The molecule has 5 aromatic rings. The van der Waals surface area contributed by atoms with Crippen LogP contribution in [0.1, 0.15) is 33.2 Å². The van der Waals surface area contributed by atoms with Crippen molar-refractivity contribution in [1.29, 1.82) is 0 Å². The van der Waals surface area contributed by atoms with Crippen molar-refractivity contribution in [2.75, 3.05) is 9.80 Å². The van der Waals surface area contributed by atoms with E-state index in [0.717, 1.165) is 42.5 Å². The van der Waals surface area contributed by atoms with E-state index in [-0.39, 0.29) is 11.6 Å². The van der Waals surface area contributed by atoms with E-state index < -0.39 is 0 Å². The highest BCUT2D eigenvalue weighted by Crippen LogP contribution is 2.42. The quantitative estimate of drug-likeness (QED) is 0.196. The minimum Gasteiger partial charge on any atom is -0.302 e. The Kier molecular flexibility index (Phi) is 6.80. The Morgan fingerprint density at radius 3 is 1.11 bits per heavy atom. The van der Waals surface area contributed by atoms with E-state index in [1.807, 2.05) is 60.7 Å². The van der Waals surface area contributed by atoms with Crippen LogP contribution in [-0.4, -0.2) is 11.6 Å². The van der Waals surface area contributed by atoms with E-state index in [1.54, 1.807) is 13.8 Å². The summed E-state index contributed by atoms with van der Waals surface area (Å²) in [6.07, 6.45) is 0. The minimum atomic E-state index is 0.0639. The molecule has 36 heavy (non-hydrogen) atoms. The molecule has 0 radical (unpaired) electrons. The van der Waals surface area contributed by atoms with Crippen molar-refractivity contribution in [1.82, 2.24) is 0 Å². The summed E-state index contributed by atoms with van der Waals surface area (Å²) in [6.45, 7) is 3.19. The second-order valence-corrected chi connectivity index (χ2v) is 10.4. The third kappa shape index (κ3) is 4.87. The molecule has 0 aliphatic rings. The highest BCUT2D eigenvalue weighted by atomic mass is 32.1. The first-order valence-electron chi connectivity index (χ1n) is 11.5. The number of ketones is 2. The van der Waals surface area contributed by atoms with Gasteiger partial charge in [-0.1, -0.05) is 36.4 Å². The molecule has 2 aromatic heterocycles. The summed E-state index contributed by atoms with van der Waals surface area (Å²) in [5.74, 6) is 0.128. The van der Waals surface area contributed by atoms with Crippen molar-refractivity contribution in [3.05, 3.63) is 119 Å². The van der Waals surface area contributed by atoms with Crippen LogP contribution in [0.15, 0.2) is 109 Å². The molecule has 4 nitrogen and oxygen atoms in total. The lowest BCUT2D eigenvalue weighted by molar-refractivity contribution is 0.101. The van der Waals surface area contributed by atoms with E-state index >= 15 is 0 Å². The zero-order valence-corrected chi connectivity index (χ0v) is 21.6. The molecule has 0 amide bonds. The van der Waals surface area contributed by atoms with Gasteiger partial charge in [0.2, 0.25) is 0 Å². The average molecular weight is 509 g/mol. The fourth-order valence-corrected chi connectivity index (χ4v) is 5.87. The van der Waals surface area contributed by atoms with Crippen LogP contribution in [0, 0.1) is 0 Å². The number of carbonyl (C=O) groups is 2. The third-order valence-corrected chi connectivity index (χ3v) is 8.06. The fraction of sp³-hybridized carbons (Fsp3) is 0.0667. The van der Waals surface area contributed by atoms with Crippen LogP contribution in [0.4, 0.5) is 32.8 Å². The summed E-state index contributed by atoms with van der Waals surface area (Å²) in [7, 11) is 0. The van der Waals surface area contributed by atoms with Crippen molar-refractivity contribution in [2.24, 2.45) is 0 Å². The maximum atomic E-state index is 12.0. The second kappa shape index (κ2) is 10.3. The molecule has 0 fully saturated rings. The van der Waals surface area contributed by atoms with Gasteiger partial charge in [-0.05, 0) is 86.6 Å². The van der Waals surface area contributed by atoms with Crippen molar-refractivity contribution in [3.63, 3.8) is 0 Å². The van der Waals surface area contributed by atoms with Crippen molar-refractivity contribution < 1.29 is 9.59 Å². The molecule has 0 atom stereocenters. The molecule has 0 unspecified atom stereocenters. The number of hydrogen-bond acceptors (Lipinski definition) is 6. The van der Waals surface area contributed by atoms with Gasteiger partial charge in [-0.25, -0.2) is 0 Å². The van der Waals surface area contributed by atoms with E-state index in [1.165, 1.54) is 22.7 Å². The van der Waals surface area contributed by atoms with Crippen molar-refractivity contribution in [2.45, 2.75) is 13.8 Å². The Morgan fingerprint density at radius 1 is 0.472 bits per heavy atom. The predicted molar refractivity (Wildman–Crippen MR) is 152 cm³/mol. The van der Waals surface area contributed by atoms with Gasteiger partial charge < -0.3 is 9.80 Å². The van der Waals surface area contributed by atoms with Crippen molar-refractivity contribution in [3.8, 4) is 0 Å². The topological polar surface area (TPSA) is 40.6 Å². The molecule has 0 spiro atoms. The average Bonchev–Trinajstić information content (AvgIpc) is 3.58. The Balaban J connectivity index is 1.56. The number of thiophene rings is 2. The largest absolute Gasteiger partial charge is 0.302 e. The molecule has 0 aliphatic heterocycles. The monoisotopic (exact) mass is 508 g/mol. The zero-order valence-electron chi connectivity index (χ0n) is 19.9. The SMILES string of the molecule is CC(=O)c1ccc(N(c2ccccc2)c2ccc(N(c3ccccc3)c3ccc(C(C)=O)s3)cc2)s1. The van der Waals surface area contributed by atoms with Gasteiger partial charge in [0.25, 0.3) is 0 Å². The molecule has 3 aromatic carbocycles. The molecule has 0 saturated carbocycles. The van der Waals surface area contributed by atoms with E-state index in [9.17, 15) is 9.59 Å². The third-order valence-electron chi connectivity index (χ3n) is 5.71. The first-order valence-corrected chi connectivity index (χ1v) is 13.2. The molecule has 178 valence electrons. The Bertz CT molecular complexity index is 1370. The Morgan fingerprint density at radius 2 is 0.806 bits per heavy atom. The van der Waals surface area contributed by atoms with Crippen LogP contribution >= 0.6 is 22.7 Å². The standard InChI is InChI=1S/C30H24N2O2S2/c1-21(33)27-17-19-29(35-27)31(23-9-5-3-6-10-23)25-13-15-26(16-14-25)32(24-11-7-4-8-12-24)30-20-18-28(36-30)22(2)34/h3-20H,1-2H3. The molecule has 6 heteroatoms. The molecule has 5 rings (SSSR count). The number of carbonyl (C=O) groups excluding carboxylic acids is 2. The highest BCUT2D eigenvalue weighted by molar-refractivity contribution is 7.18. The molecule has 0 bridgehead atoms. The van der Waals surface area contributed by atoms with Crippen LogP contribution in [0.3, 0.4) is 0 Å². The maximum Gasteiger partial charge on any atom is 0.169 e. The number of nitrogens with zero attached hydrogens (tertiary/aromatic N) is 2. The van der Waals surface area contributed by atoms with Gasteiger partial charge in [0.05, 0.1) is 9.75 Å². The lowest BCUT2D eigenvalue weighted by Gasteiger charge is -2.26. The molecule has 0 N–H and O–H groups in total. The minimum absolute atomic E-state index is 0.0639. The molecule has 0 saturated heterocycles. The first-order chi connectivity index (χ1) is 17.5. The van der Waals surface area contributed by atoms with Gasteiger partial charge in [-0.3, -0.25) is 9.59 Å². The number of Topliss-reactive ketones (excluding diaryl/α,β-unsaturated/α-hetero) is 2. The second-order valence-electron chi connectivity index (χ2n) is 8.25. The van der Waals surface area contributed by atoms with Gasteiger partial charge in [0.1, 0.15) is 10.0 Å². The number of anilines is 6. The summed E-state index contributed by atoms with van der Waals surface area (Å²) in [5, 5.41) is 1.95. The van der Waals surface area contributed by atoms with E-state index in [2.05, 4.69) is 58.3 Å². The predicted octanol–water partition coefficient (Wildman–Crippen LogP) is 9.15. The Labute approximate surface area is 218 Å². The van der Waals surface area contributed by atoms with Crippen LogP contribution in [-0.2, 0) is 0 Å². The number of benzene rings is 3. The highest BCUT2D eigenvalue weighted by Gasteiger charge is 2.19. The lowest BCUT2D eigenvalue weighted by Crippen LogP contribution is -2.10.